The van der Waals surface area contributed by atoms with Gasteiger partial charge in [-0.05, 0) is 46.6 Å². The third-order valence-corrected chi connectivity index (χ3v) is 4.29. The van der Waals surface area contributed by atoms with E-state index in [-0.39, 0.29) is 0 Å². The molecule has 1 aromatic heterocycles. The minimum atomic E-state index is 0.836. The van der Waals surface area contributed by atoms with Crippen molar-refractivity contribution in [1.29, 1.82) is 0 Å². The molecule has 0 atom stereocenters. The van der Waals surface area contributed by atoms with Crippen LogP contribution in [0, 0.1) is 6.92 Å². The van der Waals surface area contributed by atoms with E-state index in [9.17, 15) is 0 Å². The van der Waals surface area contributed by atoms with Crippen LogP contribution >= 0.6 is 27.3 Å². The number of nitrogen functional groups attached to an aromatic ring is 1. The van der Waals surface area contributed by atoms with Gasteiger partial charge in [-0.25, -0.2) is 0 Å². The Balaban J connectivity index is 2.17. The summed E-state index contributed by atoms with van der Waals surface area (Å²) in [6, 6.07) is 8.32. The first-order chi connectivity index (χ1) is 8.06. The number of hydrogen-bond acceptors (Lipinski definition) is 3. The van der Waals surface area contributed by atoms with E-state index >= 15 is 0 Å². The average Bonchev–Trinajstić information content (AvgIpc) is 2.63. The molecule has 0 radical (unpaired) electrons. The Labute approximate surface area is 114 Å². The minimum Gasteiger partial charge on any atom is -0.397 e. The van der Waals surface area contributed by atoms with E-state index in [4.69, 9.17) is 5.73 Å². The number of thiophene rings is 1. The summed E-state index contributed by atoms with van der Waals surface area (Å²) in [6.07, 6.45) is 0. The largest absolute Gasteiger partial charge is 0.397 e. The van der Waals surface area contributed by atoms with Crippen molar-refractivity contribution in [3.63, 3.8) is 0 Å². The fourth-order valence-corrected chi connectivity index (χ4v) is 3.28. The van der Waals surface area contributed by atoms with E-state index in [1.807, 2.05) is 6.07 Å². The van der Waals surface area contributed by atoms with Crippen LogP contribution < -0.4 is 10.6 Å². The monoisotopic (exact) mass is 310 g/mol. The summed E-state index contributed by atoms with van der Waals surface area (Å²) >= 11 is 5.22. The average molecular weight is 311 g/mol. The lowest BCUT2D eigenvalue weighted by Gasteiger charge is -2.20. The summed E-state index contributed by atoms with van der Waals surface area (Å²) in [7, 11) is 2.06. The molecular formula is C13H15BrN2S. The van der Waals surface area contributed by atoms with Crippen LogP contribution in [0.3, 0.4) is 0 Å². The van der Waals surface area contributed by atoms with Crippen molar-refractivity contribution in [2.45, 2.75) is 13.5 Å². The Bertz CT molecular complexity index is 522. The quantitative estimate of drug-likeness (QED) is 0.867. The molecule has 0 saturated heterocycles. The number of hydrogen-bond donors (Lipinski definition) is 1. The van der Waals surface area contributed by atoms with Crippen molar-refractivity contribution >= 4 is 38.6 Å². The molecule has 1 aromatic carbocycles. The summed E-state index contributed by atoms with van der Waals surface area (Å²) < 4.78 is 1.14. The van der Waals surface area contributed by atoms with Gasteiger partial charge in [0, 0.05) is 21.8 Å². The molecule has 0 fully saturated rings. The number of nitrogens with two attached hydrogens (primary N) is 1. The maximum absolute atomic E-state index is 6.03. The van der Waals surface area contributed by atoms with E-state index in [1.54, 1.807) is 11.3 Å². The van der Waals surface area contributed by atoms with E-state index in [0.717, 1.165) is 22.4 Å². The Morgan fingerprint density at radius 1 is 1.35 bits per heavy atom. The Morgan fingerprint density at radius 3 is 2.71 bits per heavy atom. The Morgan fingerprint density at radius 2 is 2.12 bits per heavy atom. The standard InChI is InChI=1S/C13H15BrN2S/c1-9-3-4-13(12(15)5-9)16(2)7-11-6-10(14)8-17-11/h3-6,8H,7,15H2,1-2H3. The van der Waals surface area contributed by atoms with Gasteiger partial charge in [0.2, 0.25) is 0 Å². The van der Waals surface area contributed by atoms with Crippen LogP contribution in [-0.4, -0.2) is 7.05 Å². The fourth-order valence-electron chi connectivity index (χ4n) is 1.78. The lowest BCUT2D eigenvalue weighted by molar-refractivity contribution is 0.941. The fraction of sp³-hybridized carbons (Fsp3) is 0.231. The van der Waals surface area contributed by atoms with Crippen molar-refractivity contribution in [2.75, 3.05) is 17.7 Å². The zero-order valence-electron chi connectivity index (χ0n) is 9.90. The van der Waals surface area contributed by atoms with Crippen molar-refractivity contribution in [2.24, 2.45) is 0 Å². The number of benzene rings is 1. The van der Waals surface area contributed by atoms with Crippen LogP contribution in [0.2, 0.25) is 0 Å². The number of rotatable bonds is 3. The summed E-state index contributed by atoms with van der Waals surface area (Å²) in [5.41, 5.74) is 9.15. The van der Waals surface area contributed by atoms with Gasteiger partial charge in [-0.15, -0.1) is 11.3 Å². The highest BCUT2D eigenvalue weighted by Gasteiger charge is 2.07. The predicted molar refractivity (Wildman–Crippen MR) is 79.7 cm³/mol. The lowest BCUT2D eigenvalue weighted by atomic mass is 10.2. The number of halogens is 1. The molecule has 0 saturated carbocycles. The predicted octanol–water partition coefficient (Wildman–Crippen LogP) is 4.04. The molecule has 1 heterocycles. The first-order valence-corrected chi connectivity index (χ1v) is 7.03. The minimum absolute atomic E-state index is 0.836. The lowest BCUT2D eigenvalue weighted by Crippen LogP contribution is -2.17. The third kappa shape index (κ3) is 3.01. The molecule has 0 amide bonds. The van der Waals surface area contributed by atoms with E-state index < -0.39 is 0 Å². The first-order valence-electron chi connectivity index (χ1n) is 5.36. The van der Waals surface area contributed by atoms with Crippen LogP contribution in [0.25, 0.3) is 0 Å². The second-order valence-corrected chi connectivity index (χ2v) is 6.06. The molecule has 0 bridgehead atoms. The van der Waals surface area contributed by atoms with Gasteiger partial charge in [0.15, 0.2) is 0 Å². The maximum Gasteiger partial charge on any atom is 0.0600 e. The van der Waals surface area contributed by atoms with Crippen molar-refractivity contribution < 1.29 is 0 Å². The van der Waals surface area contributed by atoms with Gasteiger partial charge in [0.1, 0.15) is 0 Å². The zero-order valence-corrected chi connectivity index (χ0v) is 12.3. The SMILES string of the molecule is Cc1ccc(N(C)Cc2cc(Br)cs2)c(N)c1. The first kappa shape index (κ1) is 12.5. The van der Waals surface area contributed by atoms with Crippen molar-refractivity contribution in [3.05, 3.63) is 44.6 Å². The highest BCUT2D eigenvalue weighted by atomic mass is 79.9. The van der Waals surface area contributed by atoms with Gasteiger partial charge in [0.25, 0.3) is 0 Å². The second-order valence-electron chi connectivity index (χ2n) is 4.15. The maximum atomic E-state index is 6.03. The molecule has 0 unspecified atom stereocenters. The van der Waals surface area contributed by atoms with Gasteiger partial charge in [-0.2, -0.15) is 0 Å². The number of anilines is 2. The van der Waals surface area contributed by atoms with Gasteiger partial charge in [-0.3, -0.25) is 0 Å². The zero-order chi connectivity index (χ0) is 12.4. The van der Waals surface area contributed by atoms with Crippen LogP contribution in [-0.2, 0) is 6.54 Å². The van der Waals surface area contributed by atoms with Crippen LogP contribution in [0.15, 0.2) is 34.1 Å². The smallest absolute Gasteiger partial charge is 0.0600 e. The molecule has 90 valence electrons. The van der Waals surface area contributed by atoms with Crippen molar-refractivity contribution in [1.82, 2.24) is 0 Å². The molecular weight excluding hydrogens is 296 g/mol. The van der Waals surface area contributed by atoms with Gasteiger partial charge in [-0.1, -0.05) is 6.07 Å². The van der Waals surface area contributed by atoms with Crippen LogP contribution in [0.5, 0.6) is 0 Å². The van der Waals surface area contributed by atoms with Crippen LogP contribution in [0.1, 0.15) is 10.4 Å². The van der Waals surface area contributed by atoms with Gasteiger partial charge < -0.3 is 10.6 Å². The molecule has 0 aliphatic heterocycles. The van der Waals surface area contributed by atoms with Gasteiger partial charge in [0.05, 0.1) is 17.9 Å². The molecule has 0 aliphatic carbocycles. The molecule has 0 aliphatic rings. The summed E-state index contributed by atoms with van der Waals surface area (Å²) in [5.74, 6) is 0. The normalized spacial score (nSPS) is 10.5. The number of nitrogens with zero attached hydrogens (tertiary/aromatic N) is 1. The topological polar surface area (TPSA) is 29.3 Å². The molecule has 4 heteroatoms. The summed E-state index contributed by atoms with van der Waals surface area (Å²) in [5, 5.41) is 2.10. The van der Waals surface area contributed by atoms with E-state index in [2.05, 4.69) is 58.4 Å². The van der Waals surface area contributed by atoms with Crippen LogP contribution in [0.4, 0.5) is 11.4 Å². The molecule has 17 heavy (non-hydrogen) atoms. The van der Waals surface area contributed by atoms with Crippen molar-refractivity contribution in [3.8, 4) is 0 Å². The summed E-state index contributed by atoms with van der Waals surface area (Å²) in [4.78, 5) is 3.49. The highest BCUT2D eigenvalue weighted by molar-refractivity contribution is 9.10. The molecule has 2 N–H and O–H groups in total. The third-order valence-electron chi connectivity index (χ3n) is 2.61. The summed E-state index contributed by atoms with van der Waals surface area (Å²) in [6.45, 7) is 2.93. The Kier molecular flexibility index (Phi) is 3.74. The highest BCUT2D eigenvalue weighted by Crippen LogP contribution is 2.27. The second kappa shape index (κ2) is 5.10. The van der Waals surface area contributed by atoms with E-state index in [0.29, 0.717) is 0 Å². The molecule has 2 aromatic rings. The molecule has 2 nitrogen and oxygen atoms in total. The molecule has 2 rings (SSSR count). The number of aryl methyl sites for hydroxylation is 1. The van der Waals surface area contributed by atoms with Gasteiger partial charge >= 0.3 is 0 Å². The molecule has 0 spiro atoms. The Hall–Kier alpha value is -1.000. The van der Waals surface area contributed by atoms with E-state index in [1.165, 1.54) is 10.4 Å².